The lowest BCUT2D eigenvalue weighted by Crippen LogP contribution is -2.16. The molecular weight excluding hydrogens is 346 g/mol. The van der Waals surface area contributed by atoms with Gasteiger partial charge < -0.3 is 20.1 Å². The van der Waals surface area contributed by atoms with Crippen LogP contribution >= 0.6 is 0 Å². The number of aromatic hydroxyl groups is 3. The fourth-order valence-electron chi connectivity index (χ4n) is 3.18. The second-order valence-corrected chi connectivity index (χ2v) is 6.81. The highest BCUT2D eigenvalue weighted by Crippen LogP contribution is 2.27. The summed E-state index contributed by atoms with van der Waals surface area (Å²) < 4.78 is 5.38. The van der Waals surface area contributed by atoms with Crippen LogP contribution in [0.4, 0.5) is 5.69 Å². The highest BCUT2D eigenvalue weighted by atomic mass is 16.5. The summed E-state index contributed by atoms with van der Waals surface area (Å²) >= 11 is 0. The minimum Gasteiger partial charge on any atom is -0.508 e. The standard InChI is InChI=1S/C21H23NO5/c23-17-7-9-19(24)15(10-17)12-22-16-6-8-20(25)18(11-16)21(26)27-13-14-4-2-1-3-5-14/h6-12,14,23-25H,1-5,13H2. The van der Waals surface area contributed by atoms with E-state index in [-0.39, 0.29) is 22.8 Å². The predicted octanol–water partition coefficient (Wildman–Crippen LogP) is 4.29. The number of nitrogens with zero attached hydrogens (tertiary/aromatic N) is 1. The maximum Gasteiger partial charge on any atom is 0.341 e. The number of carbonyl (C=O) groups excluding carboxylic acids is 1. The molecule has 0 radical (unpaired) electrons. The van der Waals surface area contributed by atoms with Gasteiger partial charge in [-0.1, -0.05) is 19.3 Å². The highest BCUT2D eigenvalue weighted by Gasteiger charge is 2.18. The molecule has 0 spiro atoms. The topological polar surface area (TPSA) is 99.4 Å². The number of aliphatic imine (C=N–C) groups is 1. The van der Waals surface area contributed by atoms with Gasteiger partial charge in [-0.25, -0.2) is 4.79 Å². The van der Waals surface area contributed by atoms with Crippen molar-refractivity contribution in [3.8, 4) is 17.2 Å². The van der Waals surface area contributed by atoms with E-state index in [0.29, 0.717) is 23.8 Å². The molecule has 0 heterocycles. The van der Waals surface area contributed by atoms with Crippen LogP contribution < -0.4 is 0 Å². The molecular formula is C21H23NO5. The second-order valence-electron chi connectivity index (χ2n) is 6.81. The van der Waals surface area contributed by atoms with Crippen LogP contribution in [-0.4, -0.2) is 34.1 Å². The number of rotatable bonds is 5. The van der Waals surface area contributed by atoms with Gasteiger partial charge in [0.1, 0.15) is 22.8 Å². The molecule has 1 fully saturated rings. The van der Waals surface area contributed by atoms with Crippen LogP contribution in [0.5, 0.6) is 17.2 Å². The molecule has 0 aromatic heterocycles. The average molecular weight is 369 g/mol. The number of ether oxygens (including phenoxy) is 1. The zero-order chi connectivity index (χ0) is 19.2. The SMILES string of the molecule is O=C(OCC1CCCCC1)c1cc(N=Cc2cc(O)ccc2O)ccc1O. The van der Waals surface area contributed by atoms with Gasteiger partial charge >= 0.3 is 5.97 Å². The molecule has 142 valence electrons. The first-order valence-corrected chi connectivity index (χ1v) is 9.09. The van der Waals surface area contributed by atoms with Crippen LogP contribution in [-0.2, 0) is 4.74 Å². The molecule has 3 rings (SSSR count). The molecule has 0 unspecified atom stereocenters. The van der Waals surface area contributed by atoms with Crippen molar-refractivity contribution in [2.24, 2.45) is 10.9 Å². The molecule has 0 aliphatic heterocycles. The summed E-state index contributed by atoms with van der Waals surface area (Å²) in [5.74, 6) is -0.368. The van der Waals surface area contributed by atoms with E-state index >= 15 is 0 Å². The molecule has 2 aromatic rings. The number of esters is 1. The number of hydrogen-bond acceptors (Lipinski definition) is 6. The van der Waals surface area contributed by atoms with Crippen LogP contribution in [0.1, 0.15) is 48.0 Å². The molecule has 6 nitrogen and oxygen atoms in total. The first-order valence-electron chi connectivity index (χ1n) is 9.09. The van der Waals surface area contributed by atoms with Gasteiger partial charge in [-0.2, -0.15) is 0 Å². The fraction of sp³-hybridized carbons (Fsp3) is 0.333. The number of hydrogen-bond donors (Lipinski definition) is 3. The number of phenolic OH excluding ortho intramolecular Hbond substituents is 3. The van der Waals surface area contributed by atoms with E-state index in [1.807, 2.05) is 0 Å². The molecule has 3 N–H and O–H groups in total. The van der Waals surface area contributed by atoms with Crippen LogP contribution in [0.2, 0.25) is 0 Å². The van der Waals surface area contributed by atoms with E-state index in [1.54, 1.807) is 6.07 Å². The first-order chi connectivity index (χ1) is 13.0. The zero-order valence-corrected chi connectivity index (χ0v) is 15.0. The van der Waals surface area contributed by atoms with Gasteiger partial charge in [0.15, 0.2) is 0 Å². The van der Waals surface area contributed by atoms with Gasteiger partial charge in [0.25, 0.3) is 0 Å². The Hall–Kier alpha value is -3.02. The lowest BCUT2D eigenvalue weighted by Gasteiger charge is -2.21. The van der Waals surface area contributed by atoms with E-state index in [0.717, 1.165) is 12.8 Å². The van der Waals surface area contributed by atoms with Crippen molar-refractivity contribution in [3.05, 3.63) is 47.5 Å². The van der Waals surface area contributed by atoms with Crippen LogP contribution in [0.15, 0.2) is 41.4 Å². The smallest absolute Gasteiger partial charge is 0.341 e. The summed E-state index contributed by atoms with van der Waals surface area (Å²) in [6.07, 6.45) is 7.08. The minimum absolute atomic E-state index is 0.00642. The lowest BCUT2D eigenvalue weighted by molar-refractivity contribution is 0.0407. The number of benzene rings is 2. The quantitative estimate of drug-likeness (QED) is 0.415. The van der Waals surface area contributed by atoms with Crippen molar-refractivity contribution >= 4 is 17.9 Å². The number of carbonyl (C=O) groups is 1. The summed E-state index contributed by atoms with van der Waals surface area (Å²) in [7, 11) is 0. The Kier molecular flexibility index (Phi) is 5.96. The zero-order valence-electron chi connectivity index (χ0n) is 15.0. The first kappa shape index (κ1) is 18.8. The average Bonchev–Trinajstić information content (AvgIpc) is 2.68. The van der Waals surface area contributed by atoms with Crippen molar-refractivity contribution in [2.45, 2.75) is 32.1 Å². The Bertz CT molecular complexity index is 840. The van der Waals surface area contributed by atoms with E-state index in [1.165, 1.54) is 55.8 Å². The predicted molar refractivity (Wildman–Crippen MR) is 102 cm³/mol. The summed E-state index contributed by atoms with van der Waals surface area (Å²) in [5.41, 5.74) is 0.810. The van der Waals surface area contributed by atoms with Crippen molar-refractivity contribution in [2.75, 3.05) is 6.61 Å². The largest absolute Gasteiger partial charge is 0.508 e. The monoisotopic (exact) mass is 369 g/mol. The number of phenols is 3. The summed E-state index contributed by atoms with van der Waals surface area (Å²) in [5, 5.41) is 29.2. The molecule has 2 aromatic carbocycles. The third-order valence-corrected chi connectivity index (χ3v) is 4.74. The Morgan fingerprint density at radius 2 is 1.78 bits per heavy atom. The van der Waals surface area contributed by atoms with Crippen LogP contribution in [0.3, 0.4) is 0 Å². The van der Waals surface area contributed by atoms with E-state index in [4.69, 9.17) is 4.74 Å². The molecule has 1 aliphatic carbocycles. The van der Waals surface area contributed by atoms with Crippen molar-refractivity contribution in [1.82, 2.24) is 0 Å². The fourth-order valence-corrected chi connectivity index (χ4v) is 3.18. The summed E-state index contributed by atoms with van der Waals surface area (Å²) in [4.78, 5) is 16.5. The lowest BCUT2D eigenvalue weighted by atomic mass is 9.90. The van der Waals surface area contributed by atoms with Crippen LogP contribution in [0, 0.1) is 5.92 Å². The third-order valence-electron chi connectivity index (χ3n) is 4.74. The second kappa shape index (κ2) is 8.58. The van der Waals surface area contributed by atoms with Crippen molar-refractivity contribution < 1.29 is 24.9 Å². The van der Waals surface area contributed by atoms with E-state index in [2.05, 4.69) is 4.99 Å². The molecule has 1 saturated carbocycles. The van der Waals surface area contributed by atoms with E-state index < -0.39 is 5.97 Å². The van der Waals surface area contributed by atoms with Gasteiger partial charge in [0.2, 0.25) is 0 Å². The van der Waals surface area contributed by atoms with E-state index in [9.17, 15) is 20.1 Å². The molecule has 0 saturated heterocycles. The van der Waals surface area contributed by atoms with Crippen LogP contribution in [0.25, 0.3) is 0 Å². The normalized spacial score (nSPS) is 15.1. The Balaban J connectivity index is 1.70. The van der Waals surface area contributed by atoms with Gasteiger partial charge in [-0.05, 0) is 55.2 Å². The van der Waals surface area contributed by atoms with Gasteiger partial charge in [-0.3, -0.25) is 4.99 Å². The molecule has 6 heteroatoms. The Labute approximate surface area is 157 Å². The molecule has 0 atom stereocenters. The van der Waals surface area contributed by atoms with Crippen molar-refractivity contribution in [1.29, 1.82) is 0 Å². The minimum atomic E-state index is -0.574. The molecule has 0 bridgehead atoms. The summed E-state index contributed by atoms with van der Waals surface area (Å²) in [6, 6.07) is 8.47. The molecule has 27 heavy (non-hydrogen) atoms. The van der Waals surface area contributed by atoms with Crippen molar-refractivity contribution in [3.63, 3.8) is 0 Å². The molecule has 0 amide bonds. The Morgan fingerprint density at radius 1 is 1.04 bits per heavy atom. The maximum atomic E-state index is 12.3. The maximum absolute atomic E-state index is 12.3. The Morgan fingerprint density at radius 3 is 2.56 bits per heavy atom. The molecule has 1 aliphatic rings. The summed E-state index contributed by atoms with van der Waals surface area (Å²) in [6.45, 7) is 0.364. The van der Waals surface area contributed by atoms with Gasteiger partial charge in [0.05, 0.1) is 12.3 Å². The third kappa shape index (κ3) is 5.00. The van der Waals surface area contributed by atoms with Gasteiger partial charge in [0, 0.05) is 11.8 Å². The highest BCUT2D eigenvalue weighted by molar-refractivity contribution is 5.94. The van der Waals surface area contributed by atoms with Gasteiger partial charge in [-0.15, -0.1) is 0 Å².